The molecular formula is C15H27N3O3S. The third-order valence-corrected chi connectivity index (χ3v) is 7.08. The van der Waals surface area contributed by atoms with Crippen LogP contribution < -0.4 is 5.32 Å². The SMILES string of the molecule is O=C(CCCS(=O)(=O)N1CCCC1)N1CCC2CCC(C1)N2. The van der Waals surface area contributed by atoms with Crippen LogP contribution in [-0.2, 0) is 14.8 Å². The number of nitrogens with zero attached hydrogens (tertiary/aromatic N) is 2. The molecule has 3 saturated heterocycles. The van der Waals surface area contributed by atoms with Crippen LogP contribution in [0.25, 0.3) is 0 Å². The minimum atomic E-state index is -3.15. The van der Waals surface area contributed by atoms with E-state index in [1.807, 2.05) is 4.90 Å². The van der Waals surface area contributed by atoms with Crippen LogP contribution in [0.5, 0.6) is 0 Å². The summed E-state index contributed by atoms with van der Waals surface area (Å²) >= 11 is 0. The van der Waals surface area contributed by atoms with Crippen LogP contribution in [0.1, 0.15) is 44.9 Å². The molecular weight excluding hydrogens is 302 g/mol. The zero-order valence-electron chi connectivity index (χ0n) is 13.2. The average Bonchev–Trinajstić information content (AvgIpc) is 3.08. The van der Waals surface area contributed by atoms with Crippen molar-refractivity contribution in [1.82, 2.24) is 14.5 Å². The quantitative estimate of drug-likeness (QED) is 0.799. The number of fused-ring (bicyclic) bond motifs is 2. The fourth-order valence-electron chi connectivity index (χ4n) is 3.83. The average molecular weight is 329 g/mol. The lowest BCUT2D eigenvalue weighted by Gasteiger charge is -2.24. The lowest BCUT2D eigenvalue weighted by Crippen LogP contribution is -2.39. The van der Waals surface area contributed by atoms with Gasteiger partial charge >= 0.3 is 0 Å². The molecule has 3 rings (SSSR count). The maximum atomic E-state index is 12.3. The standard InChI is InChI=1S/C15H27N3O3S/c19-15(17-10-7-13-5-6-14(12-17)16-13)4-3-11-22(20,21)18-8-1-2-9-18/h13-14,16H,1-12H2. The molecule has 0 radical (unpaired) electrons. The van der Waals surface area contributed by atoms with Crippen molar-refractivity contribution >= 4 is 15.9 Å². The van der Waals surface area contributed by atoms with Gasteiger partial charge in [0.1, 0.15) is 0 Å². The summed E-state index contributed by atoms with van der Waals surface area (Å²) in [5.74, 6) is 0.225. The number of rotatable bonds is 5. The van der Waals surface area contributed by atoms with Gasteiger partial charge in [0.05, 0.1) is 5.75 Å². The summed E-state index contributed by atoms with van der Waals surface area (Å²) in [5, 5.41) is 3.56. The number of likely N-dealkylation sites (tertiary alicyclic amines) is 1. The Balaban J connectivity index is 1.44. The van der Waals surface area contributed by atoms with E-state index < -0.39 is 10.0 Å². The van der Waals surface area contributed by atoms with Gasteiger partial charge in [0.15, 0.2) is 0 Å². The second-order valence-corrected chi connectivity index (χ2v) is 8.88. The second kappa shape index (κ2) is 6.84. The van der Waals surface area contributed by atoms with Gasteiger partial charge in [0, 0.05) is 44.7 Å². The van der Waals surface area contributed by atoms with Crippen LogP contribution in [0.3, 0.4) is 0 Å². The van der Waals surface area contributed by atoms with Gasteiger partial charge in [0.2, 0.25) is 15.9 Å². The Hall–Kier alpha value is -0.660. The summed E-state index contributed by atoms with van der Waals surface area (Å²) in [6.45, 7) is 2.90. The zero-order valence-corrected chi connectivity index (χ0v) is 14.0. The van der Waals surface area contributed by atoms with Gasteiger partial charge in [0.25, 0.3) is 0 Å². The number of carbonyl (C=O) groups is 1. The number of sulfonamides is 1. The largest absolute Gasteiger partial charge is 0.341 e. The Morgan fingerprint density at radius 2 is 1.77 bits per heavy atom. The van der Waals surface area contributed by atoms with E-state index >= 15 is 0 Å². The number of hydrogen-bond acceptors (Lipinski definition) is 4. The molecule has 7 heteroatoms. The van der Waals surface area contributed by atoms with Crippen molar-refractivity contribution in [2.75, 3.05) is 31.9 Å². The van der Waals surface area contributed by atoms with E-state index in [9.17, 15) is 13.2 Å². The molecule has 1 amide bonds. The van der Waals surface area contributed by atoms with Crippen molar-refractivity contribution in [3.63, 3.8) is 0 Å². The molecule has 3 aliphatic heterocycles. The number of amides is 1. The Kier molecular flexibility index (Phi) is 5.04. The first kappa shape index (κ1) is 16.2. The maximum absolute atomic E-state index is 12.3. The topological polar surface area (TPSA) is 69.7 Å². The molecule has 22 heavy (non-hydrogen) atoms. The van der Waals surface area contributed by atoms with E-state index in [4.69, 9.17) is 0 Å². The smallest absolute Gasteiger partial charge is 0.222 e. The first-order valence-corrected chi connectivity index (χ1v) is 10.2. The summed E-state index contributed by atoms with van der Waals surface area (Å²) in [6, 6.07) is 1.00. The van der Waals surface area contributed by atoms with Crippen molar-refractivity contribution < 1.29 is 13.2 Å². The highest BCUT2D eigenvalue weighted by molar-refractivity contribution is 7.89. The summed E-state index contributed by atoms with van der Waals surface area (Å²) in [5.41, 5.74) is 0. The van der Waals surface area contributed by atoms with Gasteiger partial charge in [-0.25, -0.2) is 12.7 Å². The third kappa shape index (κ3) is 3.81. The molecule has 0 aromatic carbocycles. The maximum Gasteiger partial charge on any atom is 0.222 e. The normalized spacial score (nSPS) is 29.7. The fraction of sp³-hybridized carbons (Fsp3) is 0.933. The summed E-state index contributed by atoms with van der Waals surface area (Å²) < 4.78 is 25.9. The lowest BCUT2D eigenvalue weighted by atomic mass is 10.1. The first-order chi connectivity index (χ1) is 10.5. The van der Waals surface area contributed by atoms with Crippen molar-refractivity contribution in [3.05, 3.63) is 0 Å². The van der Waals surface area contributed by atoms with E-state index in [-0.39, 0.29) is 11.7 Å². The van der Waals surface area contributed by atoms with Gasteiger partial charge in [-0.05, 0) is 38.5 Å². The Morgan fingerprint density at radius 3 is 2.55 bits per heavy atom. The predicted octanol–water partition coefficient (Wildman–Crippen LogP) is 0.545. The lowest BCUT2D eigenvalue weighted by molar-refractivity contribution is -0.131. The molecule has 0 spiro atoms. The molecule has 2 unspecified atom stereocenters. The minimum Gasteiger partial charge on any atom is -0.341 e. The molecule has 6 nitrogen and oxygen atoms in total. The highest BCUT2D eigenvalue weighted by Crippen LogP contribution is 2.21. The zero-order chi connectivity index (χ0) is 15.6. The molecule has 1 N–H and O–H groups in total. The molecule has 3 aliphatic rings. The van der Waals surface area contributed by atoms with Crippen LogP contribution in [0.15, 0.2) is 0 Å². The van der Waals surface area contributed by atoms with Crippen LogP contribution in [0.2, 0.25) is 0 Å². The monoisotopic (exact) mass is 329 g/mol. The number of nitrogens with one attached hydrogen (secondary N) is 1. The van der Waals surface area contributed by atoms with Crippen molar-refractivity contribution in [3.8, 4) is 0 Å². The number of carbonyl (C=O) groups excluding carboxylic acids is 1. The third-order valence-electron chi connectivity index (χ3n) is 5.13. The Bertz CT molecular complexity index is 502. The number of hydrogen-bond donors (Lipinski definition) is 1. The Labute approximate surface area is 133 Å². The van der Waals surface area contributed by atoms with Gasteiger partial charge in [-0.15, -0.1) is 0 Å². The molecule has 0 aromatic rings. The van der Waals surface area contributed by atoms with Crippen LogP contribution in [0.4, 0.5) is 0 Å². The molecule has 0 aliphatic carbocycles. The molecule has 0 saturated carbocycles. The van der Waals surface area contributed by atoms with Crippen molar-refractivity contribution in [1.29, 1.82) is 0 Å². The second-order valence-electron chi connectivity index (χ2n) is 6.79. The van der Waals surface area contributed by atoms with Gasteiger partial charge in [-0.2, -0.15) is 0 Å². The van der Waals surface area contributed by atoms with Gasteiger partial charge < -0.3 is 10.2 Å². The fourth-order valence-corrected chi connectivity index (χ4v) is 5.41. The summed E-state index contributed by atoms with van der Waals surface area (Å²) in [7, 11) is -3.15. The van der Waals surface area contributed by atoms with Gasteiger partial charge in [-0.1, -0.05) is 0 Å². The summed E-state index contributed by atoms with van der Waals surface area (Å²) in [4.78, 5) is 14.3. The van der Waals surface area contributed by atoms with Crippen molar-refractivity contribution in [2.24, 2.45) is 0 Å². The highest BCUT2D eigenvalue weighted by Gasteiger charge is 2.31. The molecule has 126 valence electrons. The van der Waals surface area contributed by atoms with E-state index in [2.05, 4.69) is 5.32 Å². The van der Waals surface area contributed by atoms with E-state index in [0.717, 1.165) is 38.8 Å². The van der Waals surface area contributed by atoms with Crippen LogP contribution in [-0.4, -0.2) is 67.5 Å². The van der Waals surface area contributed by atoms with E-state index in [0.29, 0.717) is 38.0 Å². The van der Waals surface area contributed by atoms with Crippen LogP contribution >= 0.6 is 0 Å². The minimum absolute atomic E-state index is 0.108. The molecule has 2 bridgehead atoms. The molecule has 0 aromatic heterocycles. The van der Waals surface area contributed by atoms with Crippen LogP contribution in [0, 0.1) is 0 Å². The summed E-state index contributed by atoms with van der Waals surface area (Å²) in [6.07, 6.45) is 6.11. The predicted molar refractivity (Wildman–Crippen MR) is 85.0 cm³/mol. The first-order valence-electron chi connectivity index (χ1n) is 8.56. The van der Waals surface area contributed by atoms with Gasteiger partial charge in [-0.3, -0.25) is 4.79 Å². The molecule has 3 fully saturated rings. The molecule has 3 heterocycles. The van der Waals surface area contributed by atoms with Crippen molar-refractivity contribution in [2.45, 2.75) is 57.0 Å². The Morgan fingerprint density at radius 1 is 1.05 bits per heavy atom. The van der Waals surface area contributed by atoms with E-state index in [1.54, 1.807) is 4.31 Å². The molecule has 2 atom stereocenters. The highest BCUT2D eigenvalue weighted by atomic mass is 32.2. The van der Waals surface area contributed by atoms with E-state index in [1.165, 1.54) is 6.42 Å².